The Bertz CT molecular complexity index is 824. The van der Waals surface area contributed by atoms with Gasteiger partial charge in [0.15, 0.2) is 6.61 Å². The second kappa shape index (κ2) is 7.92. The van der Waals surface area contributed by atoms with Gasteiger partial charge in [0.05, 0.1) is 10.9 Å². The van der Waals surface area contributed by atoms with Crippen molar-refractivity contribution in [3.8, 4) is 0 Å². The molecule has 1 fully saturated rings. The fraction of sp³-hybridized carbons (Fsp3) is 0.444. The van der Waals surface area contributed by atoms with Crippen molar-refractivity contribution in [3.63, 3.8) is 0 Å². The second-order valence-electron chi connectivity index (χ2n) is 6.13. The molecule has 1 aliphatic rings. The molecular weight excluding hydrogens is 322 g/mol. The zero-order chi connectivity index (χ0) is 17.6. The fourth-order valence-electron chi connectivity index (χ4n) is 2.93. The SMILES string of the molecule is O=C(CCCc1nc2ccccc2c(=O)[nH]1)OCC(=O)N1CCCC1. The summed E-state index contributed by atoms with van der Waals surface area (Å²) in [6, 6.07) is 7.12. The maximum atomic E-state index is 12.0. The van der Waals surface area contributed by atoms with E-state index in [0.29, 0.717) is 29.6 Å². The van der Waals surface area contributed by atoms with E-state index in [-0.39, 0.29) is 24.5 Å². The molecule has 2 aromatic rings. The average molecular weight is 343 g/mol. The smallest absolute Gasteiger partial charge is 0.306 e. The van der Waals surface area contributed by atoms with Crippen LogP contribution in [0, 0.1) is 0 Å². The van der Waals surface area contributed by atoms with Crippen LogP contribution in [0.2, 0.25) is 0 Å². The first-order valence-electron chi connectivity index (χ1n) is 8.55. The molecule has 0 atom stereocenters. The molecule has 0 aliphatic carbocycles. The Kier molecular flexibility index (Phi) is 5.42. The molecule has 1 aromatic carbocycles. The largest absolute Gasteiger partial charge is 0.456 e. The van der Waals surface area contributed by atoms with Gasteiger partial charge < -0.3 is 14.6 Å². The third kappa shape index (κ3) is 4.43. The number of rotatable bonds is 6. The molecule has 25 heavy (non-hydrogen) atoms. The molecule has 7 heteroatoms. The summed E-state index contributed by atoms with van der Waals surface area (Å²) in [6.45, 7) is 1.30. The Balaban J connectivity index is 1.45. The number of hydrogen-bond acceptors (Lipinski definition) is 5. The molecule has 1 aromatic heterocycles. The van der Waals surface area contributed by atoms with Crippen LogP contribution in [0.5, 0.6) is 0 Å². The number of benzene rings is 1. The van der Waals surface area contributed by atoms with Gasteiger partial charge in [-0.15, -0.1) is 0 Å². The van der Waals surface area contributed by atoms with Crippen LogP contribution >= 0.6 is 0 Å². The van der Waals surface area contributed by atoms with E-state index in [0.717, 1.165) is 25.9 Å². The molecule has 0 saturated carbocycles. The Morgan fingerprint density at radius 2 is 1.96 bits per heavy atom. The molecule has 1 saturated heterocycles. The number of nitrogens with one attached hydrogen (secondary N) is 1. The predicted molar refractivity (Wildman–Crippen MR) is 92.1 cm³/mol. The molecule has 1 N–H and O–H groups in total. The minimum absolute atomic E-state index is 0.133. The molecule has 1 amide bonds. The van der Waals surface area contributed by atoms with Crippen molar-refractivity contribution in [2.45, 2.75) is 32.1 Å². The second-order valence-corrected chi connectivity index (χ2v) is 6.13. The summed E-state index contributed by atoms with van der Waals surface area (Å²) >= 11 is 0. The Hall–Kier alpha value is -2.70. The van der Waals surface area contributed by atoms with Crippen LogP contribution < -0.4 is 5.56 Å². The lowest BCUT2D eigenvalue weighted by molar-refractivity contribution is -0.151. The summed E-state index contributed by atoms with van der Waals surface area (Å²) in [5, 5.41) is 0.547. The zero-order valence-corrected chi connectivity index (χ0v) is 14.0. The average Bonchev–Trinajstić information content (AvgIpc) is 3.14. The van der Waals surface area contributed by atoms with Crippen LogP contribution in [-0.2, 0) is 20.7 Å². The highest BCUT2D eigenvalue weighted by Crippen LogP contribution is 2.09. The third-order valence-corrected chi connectivity index (χ3v) is 4.27. The van der Waals surface area contributed by atoms with Gasteiger partial charge in [0.25, 0.3) is 11.5 Å². The van der Waals surface area contributed by atoms with Crippen molar-refractivity contribution in [2.24, 2.45) is 0 Å². The number of para-hydroxylation sites is 1. The van der Waals surface area contributed by atoms with Crippen LogP contribution in [0.3, 0.4) is 0 Å². The first-order chi connectivity index (χ1) is 12.1. The first kappa shape index (κ1) is 17.1. The van der Waals surface area contributed by atoms with Gasteiger partial charge in [-0.2, -0.15) is 0 Å². The minimum atomic E-state index is -0.407. The highest BCUT2D eigenvalue weighted by Gasteiger charge is 2.19. The van der Waals surface area contributed by atoms with E-state index in [9.17, 15) is 14.4 Å². The van der Waals surface area contributed by atoms with E-state index in [1.54, 1.807) is 23.1 Å². The van der Waals surface area contributed by atoms with Crippen LogP contribution in [0.25, 0.3) is 10.9 Å². The molecule has 7 nitrogen and oxygen atoms in total. The number of aryl methyl sites for hydroxylation is 1. The summed E-state index contributed by atoms with van der Waals surface area (Å²) < 4.78 is 5.03. The molecule has 0 spiro atoms. The highest BCUT2D eigenvalue weighted by molar-refractivity contribution is 5.80. The number of carbonyl (C=O) groups is 2. The molecule has 3 rings (SSSR count). The number of ether oxygens (including phenoxy) is 1. The van der Waals surface area contributed by atoms with Gasteiger partial charge in [0.1, 0.15) is 5.82 Å². The maximum Gasteiger partial charge on any atom is 0.306 e. The fourth-order valence-corrected chi connectivity index (χ4v) is 2.93. The zero-order valence-electron chi connectivity index (χ0n) is 14.0. The third-order valence-electron chi connectivity index (χ3n) is 4.27. The Morgan fingerprint density at radius 1 is 1.20 bits per heavy atom. The van der Waals surface area contributed by atoms with E-state index < -0.39 is 5.97 Å². The van der Waals surface area contributed by atoms with E-state index in [2.05, 4.69) is 9.97 Å². The topological polar surface area (TPSA) is 92.4 Å². The summed E-state index contributed by atoms with van der Waals surface area (Å²) in [4.78, 5) is 44.4. The van der Waals surface area contributed by atoms with Gasteiger partial charge >= 0.3 is 5.97 Å². The molecule has 0 unspecified atom stereocenters. The van der Waals surface area contributed by atoms with E-state index in [1.165, 1.54) is 0 Å². The number of H-pyrrole nitrogens is 1. The molecular formula is C18H21N3O4. The molecule has 0 radical (unpaired) electrons. The summed E-state index contributed by atoms with van der Waals surface area (Å²) in [6.07, 6.45) is 3.17. The van der Waals surface area contributed by atoms with E-state index >= 15 is 0 Å². The quantitative estimate of drug-likeness (QED) is 0.801. The van der Waals surface area contributed by atoms with Crippen LogP contribution in [-0.4, -0.2) is 46.4 Å². The molecule has 0 bridgehead atoms. The van der Waals surface area contributed by atoms with Gasteiger partial charge in [-0.25, -0.2) is 4.98 Å². The van der Waals surface area contributed by atoms with Gasteiger partial charge in [0, 0.05) is 25.9 Å². The number of fused-ring (bicyclic) bond motifs is 1. The Labute approximate surface area is 145 Å². The van der Waals surface area contributed by atoms with Gasteiger partial charge in [0.2, 0.25) is 0 Å². The number of amides is 1. The van der Waals surface area contributed by atoms with Gasteiger partial charge in [-0.1, -0.05) is 12.1 Å². The van der Waals surface area contributed by atoms with Gasteiger partial charge in [-0.05, 0) is 31.4 Å². The summed E-state index contributed by atoms with van der Waals surface area (Å²) in [5.41, 5.74) is 0.458. The first-order valence-corrected chi connectivity index (χ1v) is 8.55. The number of esters is 1. The standard InChI is InChI=1S/C18H21N3O4/c22-16(21-10-3-4-11-21)12-25-17(23)9-5-8-15-19-14-7-2-1-6-13(14)18(24)20-15/h1-2,6-7H,3-5,8-12H2,(H,19,20,24). The van der Waals surface area contributed by atoms with E-state index in [4.69, 9.17) is 4.74 Å². The number of hydrogen-bond donors (Lipinski definition) is 1. The van der Waals surface area contributed by atoms with Crippen molar-refractivity contribution in [1.82, 2.24) is 14.9 Å². The van der Waals surface area contributed by atoms with Crippen LogP contribution in [0.1, 0.15) is 31.5 Å². The van der Waals surface area contributed by atoms with Crippen molar-refractivity contribution in [3.05, 3.63) is 40.4 Å². The van der Waals surface area contributed by atoms with Crippen molar-refractivity contribution >= 4 is 22.8 Å². The maximum absolute atomic E-state index is 12.0. The van der Waals surface area contributed by atoms with Crippen LogP contribution in [0.15, 0.2) is 29.1 Å². The minimum Gasteiger partial charge on any atom is -0.456 e. The predicted octanol–water partition coefficient (Wildman–Crippen LogP) is 1.41. The van der Waals surface area contributed by atoms with Gasteiger partial charge in [-0.3, -0.25) is 14.4 Å². The molecule has 1 aliphatic heterocycles. The lowest BCUT2D eigenvalue weighted by Gasteiger charge is -2.14. The normalized spacial score (nSPS) is 14.0. The van der Waals surface area contributed by atoms with Crippen LogP contribution in [0.4, 0.5) is 0 Å². The number of likely N-dealkylation sites (tertiary alicyclic amines) is 1. The van der Waals surface area contributed by atoms with Crippen molar-refractivity contribution in [1.29, 1.82) is 0 Å². The number of aromatic nitrogens is 2. The van der Waals surface area contributed by atoms with E-state index in [1.807, 2.05) is 6.07 Å². The molecule has 2 heterocycles. The summed E-state index contributed by atoms with van der Waals surface area (Å²) in [5.74, 6) is 0.00621. The number of nitrogens with zero attached hydrogens (tertiary/aromatic N) is 2. The Morgan fingerprint density at radius 3 is 2.76 bits per heavy atom. The highest BCUT2D eigenvalue weighted by atomic mass is 16.5. The number of carbonyl (C=O) groups excluding carboxylic acids is 2. The lowest BCUT2D eigenvalue weighted by atomic mass is 10.2. The summed E-state index contributed by atoms with van der Waals surface area (Å²) in [7, 11) is 0. The lowest BCUT2D eigenvalue weighted by Crippen LogP contribution is -2.32. The number of aromatic amines is 1. The van der Waals surface area contributed by atoms with Crippen molar-refractivity contribution < 1.29 is 14.3 Å². The molecule has 132 valence electrons. The van der Waals surface area contributed by atoms with Crippen molar-refractivity contribution in [2.75, 3.05) is 19.7 Å². The monoisotopic (exact) mass is 343 g/mol.